The lowest BCUT2D eigenvalue weighted by atomic mass is 9.77. The van der Waals surface area contributed by atoms with Crippen LogP contribution in [-0.4, -0.2) is 46.9 Å². The van der Waals surface area contributed by atoms with Gasteiger partial charge in [0.25, 0.3) is 5.91 Å². The first-order chi connectivity index (χ1) is 11.0. The molecule has 2 heterocycles. The maximum absolute atomic E-state index is 12.9. The number of hydrogen-bond donors (Lipinski definition) is 0. The Bertz CT molecular complexity index is 647. The van der Waals surface area contributed by atoms with Crippen LogP contribution >= 0.6 is 0 Å². The zero-order valence-corrected chi connectivity index (χ0v) is 12.8. The predicted molar refractivity (Wildman–Crippen MR) is 80.3 cm³/mol. The second-order valence-corrected chi connectivity index (χ2v) is 6.10. The maximum atomic E-state index is 12.9. The van der Waals surface area contributed by atoms with Gasteiger partial charge in [0.2, 0.25) is 6.54 Å². The van der Waals surface area contributed by atoms with Crippen molar-refractivity contribution in [1.29, 1.82) is 0 Å². The fourth-order valence-electron chi connectivity index (χ4n) is 4.13. The molecule has 0 spiro atoms. The van der Waals surface area contributed by atoms with Gasteiger partial charge in [-0.15, -0.1) is 0 Å². The molecule has 2 bridgehead atoms. The van der Waals surface area contributed by atoms with E-state index in [0.717, 1.165) is 0 Å². The second kappa shape index (κ2) is 5.64. The highest BCUT2D eigenvalue weighted by Gasteiger charge is 2.66. The summed E-state index contributed by atoms with van der Waals surface area (Å²) in [6.45, 7) is -0.329. The number of nitrogens with zero attached hydrogens (tertiary/aromatic N) is 2. The van der Waals surface area contributed by atoms with Gasteiger partial charge in [0.1, 0.15) is 5.54 Å². The SMILES string of the molecule is COC(=O)[C@]12CC[C@H](C[C@H]1C[N+](=O)[O-])N2C(=O)c1ccccc1. The predicted octanol–water partition coefficient (Wildman–Crippen LogP) is 1.50. The summed E-state index contributed by atoms with van der Waals surface area (Å²) in [5, 5.41) is 11.0. The fraction of sp³-hybridized carbons (Fsp3) is 0.500. The van der Waals surface area contributed by atoms with Crippen molar-refractivity contribution in [3.05, 3.63) is 46.0 Å². The van der Waals surface area contributed by atoms with Crippen molar-refractivity contribution >= 4 is 11.9 Å². The van der Waals surface area contributed by atoms with Crippen LogP contribution in [0.3, 0.4) is 0 Å². The number of esters is 1. The van der Waals surface area contributed by atoms with Gasteiger partial charge in [-0.05, 0) is 31.4 Å². The Labute approximate surface area is 133 Å². The Morgan fingerprint density at radius 3 is 2.70 bits per heavy atom. The summed E-state index contributed by atoms with van der Waals surface area (Å²) < 4.78 is 4.93. The molecule has 0 N–H and O–H groups in total. The van der Waals surface area contributed by atoms with Crippen molar-refractivity contribution in [3.8, 4) is 0 Å². The van der Waals surface area contributed by atoms with Gasteiger partial charge in [-0.2, -0.15) is 0 Å². The first-order valence-electron chi connectivity index (χ1n) is 7.59. The van der Waals surface area contributed by atoms with E-state index in [4.69, 9.17) is 4.74 Å². The van der Waals surface area contributed by atoms with Crippen LogP contribution < -0.4 is 0 Å². The van der Waals surface area contributed by atoms with E-state index < -0.39 is 22.3 Å². The Hall–Kier alpha value is -2.44. The zero-order valence-electron chi connectivity index (χ0n) is 12.8. The minimum Gasteiger partial charge on any atom is -0.467 e. The maximum Gasteiger partial charge on any atom is 0.332 e. The highest BCUT2D eigenvalue weighted by Crippen LogP contribution is 2.51. The Morgan fingerprint density at radius 2 is 2.09 bits per heavy atom. The number of rotatable bonds is 4. The van der Waals surface area contributed by atoms with Crippen molar-refractivity contribution in [2.75, 3.05) is 13.7 Å². The summed E-state index contributed by atoms with van der Waals surface area (Å²) in [5.41, 5.74) is -0.728. The van der Waals surface area contributed by atoms with Gasteiger partial charge in [-0.25, -0.2) is 4.79 Å². The van der Waals surface area contributed by atoms with Crippen molar-refractivity contribution in [3.63, 3.8) is 0 Å². The average molecular weight is 318 g/mol. The summed E-state index contributed by atoms with van der Waals surface area (Å²) in [6.07, 6.45) is 1.55. The fourth-order valence-corrected chi connectivity index (χ4v) is 4.13. The molecule has 1 amide bonds. The Kier molecular flexibility index (Phi) is 3.79. The average Bonchev–Trinajstić information content (AvgIpc) is 3.07. The number of benzene rings is 1. The molecule has 0 aromatic heterocycles. The lowest BCUT2D eigenvalue weighted by molar-refractivity contribution is -0.490. The van der Waals surface area contributed by atoms with Crippen molar-refractivity contribution in [1.82, 2.24) is 4.90 Å². The Balaban J connectivity index is 2.00. The minimum absolute atomic E-state index is 0.147. The lowest BCUT2D eigenvalue weighted by Gasteiger charge is -2.35. The first-order valence-corrected chi connectivity index (χ1v) is 7.59. The van der Waals surface area contributed by atoms with Gasteiger partial charge >= 0.3 is 5.97 Å². The molecule has 7 nitrogen and oxygen atoms in total. The summed E-state index contributed by atoms with van der Waals surface area (Å²) in [4.78, 5) is 37.5. The summed E-state index contributed by atoms with van der Waals surface area (Å²) >= 11 is 0. The van der Waals surface area contributed by atoms with Crippen LogP contribution in [0, 0.1) is 16.0 Å². The standard InChI is InChI=1S/C16H18N2O5/c1-23-15(20)16-8-7-13(9-12(16)10-17(21)22)18(16)14(19)11-5-3-2-4-6-11/h2-6,12-13H,7-10H2,1H3/t12-,13+,16-/m0/s1. The van der Waals surface area contributed by atoms with Gasteiger partial charge in [0.15, 0.2) is 0 Å². The summed E-state index contributed by atoms with van der Waals surface area (Å²) in [6, 6.07) is 8.55. The number of carbonyl (C=O) groups excluding carboxylic acids is 2. The van der Waals surface area contributed by atoms with E-state index in [1.54, 1.807) is 35.2 Å². The van der Waals surface area contributed by atoms with E-state index in [2.05, 4.69) is 0 Å². The van der Waals surface area contributed by atoms with Gasteiger partial charge < -0.3 is 9.64 Å². The van der Waals surface area contributed by atoms with E-state index in [1.165, 1.54) is 7.11 Å². The van der Waals surface area contributed by atoms with E-state index in [-0.39, 0.29) is 18.5 Å². The molecule has 7 heteroatoms. The lowest BCUT2D eigenvalue weighted by Crippen LogP contribution is -2.56. The second-order valence-electron chi connectivity index (χ2n) is 6.10. The van der Waals surface area contributed by atoms with Gasteiger partial charge in [0.05, 0.1) is 13.0 Å². The molecule has 0 saturated carbocycles. The van der Waals surface area contributed by atoms with Gasteiger partial charge in [-0.3, -0.25) is 14.9 Å². The molecule has 122 valence electrons. The molecular weight excluding hydrogens is 300 g/mol. The van der Waals surface area contributed by atoms with Crippen LogP contribution in [0.15, 0.2) is 30.3 Å². The number of ether oxygens (including phenoxy) is 1. The number of hydrogen-bond acceptors (Lipinski definition) is 5. The smallest absolute Gasteiger partial charge is 0.332 e. The van der Waals surface area contributed by atoms with E-state index >= 15 is 0 Å². The van der Waals surface area contributed by atoms with Gasteiger partial charge in [0, 0.05) is 16.5 Å². The third-order valence-corrected chi connectivity index (χ3v) is 5.03. The van der Waals surface area contributed by atoms with Crippen LogP contribution in [0.4, 0.5) is 0 Å². The molecular formula is C16H18N2O5. The van der Waals surface area contributed by atoms with E-state index in [9.17, 15) is 19.7 Å². The highest BCUT2D eigenvalue weighted by molar-refractivity contribution is 5.99. The number of fused-ring (bicyclic) bond motifs is 2. The molecule has 2 fully saturated rings. The monoisotopic (exact) mass is 318 g/mol. The molecule has 2 saturated heterocycles. The largest absolute Gasteiger partial charge is 0.467 e. The van der Waals surface area contributed by atoms with E-state index in [0.29, 0.717) is 24.8 Å². The zero-order chi connectivity index (χ0) is 16.6. The van der Waals surface area contributed by atoms with Crippen LogP contribution in [-0.2, 0) is 9.53 Å². The third kappa shape index (κ3) is 2.27. The van der Waals surface area contributed by atoms with Crippen molar-refractivity contribution < 1.29 is 19.2 Å². The molecule has 0 radical (unpaired) electrons. The molecule has 0 aliphatic carbocycles. The molecule has 2 aliphatic heterocycles. The van der Waals surface area contributed by atoms with Gasteiger partial charge in [-0.1, -0.05) is 18.2 Å². The normalized spacial score (nSPS) is 28.7. The number of carbonyl (C=O) groups is 2. The third-order valence-electron chi connectivity index (χ3n) is 5.03. The van der Waals surface area contributed by atoms with Crippen LogP contribution in [0.25, 0.3) is 0 Å². The minimum atomic E-state index is -1.21. The van der Waals surface area contributed by atoms with Crippen molar-refractivity contribution in [2.24, 2.45) is 5.92 Å². The molecule has 23 heavy (non-hydrogen) atoms. The molecule has 3 atom stereocenters. The number of nitro groups is 1. The highest BCUT2D eigenvalue weighted by atomic mass is 16.6. The summed E-state index contributed by atoms with van der Waals surface area (Å²) in [5.74, 6) is -1.31. The van der Waals surface area contributed by atoms with Crippen molar-refractivity contribution in [2.45, 2.75) is 30.8 Å². The first kappa shape index (κ1) is 15.5. The van der Waals surface area contributed by atoms with Crippen LogP contribution in [0.5, 0.6) is 0 Å². The number of amides is 1. The molecule has 1 aromatic rings. The van der Waals surface area contributed by atoms with Crippen LogP contribution in [0.2, 0.25) is 0 Å². The Morgan fingerprint density at radius 1 is 1.39 bits per heavy atom. The quantitative estimate of drug-likeness (QED) is 0.477. The topological polar surface area (TPSA) is 89.8 Å². The molecule has 0 unspecified atom stereocenters. The molecule has 1 aromatic carbocycles. The number of methoxy groups -OCH3 is 1. The van der Waals surface area contributed by atoms with E-state index in [1.807, 2.05) is 0 Å². The van der Waals surface area contributed by atoms with Crippen LogP contribution in [0.1, 0.15) is 29.6 Å². The summed E-state index contributed by atoms with van der Waals surface area (Å²) in [7, 11) is 1.26. The molecule has 2 aliphatic rings. The molecule has 3 rings (SSSR count).